The van der Waals surface area contributed by atoms with Crippen LogP contribution in [0.4, 0.5) is 0 Å². The highest BCUT2D eigenvalue weighted by molar-refractivity contribution is 7.91. The van der Waals surface area contributed by atoms with Crippen molar-refractivity contribution in [2.75, 3.05) is 18.8 Å². The number of nitrogens with zero attached hydrogens (tertiary/aromatic N) is 1. The molecule has 0 amide bonds. The van der Waals surface area contributed by atoms with Crippen molar-refractivity contribution in [2.24, 2.45) is 0 Å². The van der Waals surface area contributed by atoms with E-state index < -0.39 is 19.9 Å². The second-order valence-corrected chi connectivity index (χ2v) is 8.80. The molecule has 112 valence electrons. The average molecular weight is 317 g/mol. The molecule has 0 spiro atoms. The number of hydrogen-bond donors (Lipinski definition) is 0. The van der Waals surface area contributed by atoms with Crippen LogP contribution in [0, 0.1) is 0 Å². The van der Waals surface area contributed by atoms with E-state index in [2.05, 4.69) is 0 Å². The smallest absolute Gasteiger partial charge is 0.224 e. The zero-order valence-electron chi connectivity index (χ0n) is 11.7. The van der Waals surface area contributed by atoms with Gasteiger partial charge in [0.05, 0.1) is 15.5 Å². The van der Waals surface area contributed by atoms with Crippen LogP contribution in [0.25, 0.3) is 0 Å². The largest absolute Gasteiger partial charge is 0.243 e. The Hall–Kier alpha value is -0.920. The Bertz CT molecular complexity index is 704. The van der Waals surface area contributed by atoms with Gasteiger partial charge in [-0.15, -0.1) is 0 Å². The average Bonchev–Trinajstić information content (AvgIpc) is 2.39. The Morgan fingerprint density at radius 2 is 1.85 bits per heavy atom. The van der Waals surface area contributed by atoms with Crippen molar-refractivity contribution in [3.63, 3.8) is 0 Å². The first-order valence-corrected chi connectivity index (χ1v) is 9.78. The Morgan fingerprint density at radius 3 is 2.45 bits per heavy atom. The molecular weight excluding hydrogens is 298 g/mol. The van der Waals surface area contributed by atoms with E-state index in [9.17, 15) is 16.8 Å². The predicted molar refractivity (Wildman–Crippen MR) is 76.9 cm³/mol. The van der Waals surface area contributed by atoms with Crippen LogP contribution in [0.2, 0.25) is 0 Å². The van der Waals surface area contributed by atoms with Crippen molar-refractivity contribution in [1.82, 2.24) is 4.31 Å². The molecule has 0 N–H and O–H groups in total. The molecule has 1 aromatic rings. The summed E-state index contributed by atoms with van der Waals surface area (Å²) in [5.74, 6) is 0.141. The van der Waals surface area contributed by atoms with Crippen molar-refractivity contribution >= 4 is 19.9 Å². The van der Waals surface area contributed by atoms with E-state index in [0.717, 1.165) is 0 Å². The summed E-state index contributed by atoms with van der Waals surface area (Å²) in [6, 6.07) is 4.34. The van der Waals surface area contributed by atoms with Crippen LogP contribution >= 0.6 is 0 Å². The van der Waals surface area contributed by atoms with E-state index in [-0.39, 0.29) is 15.5 Å². The lowest BCUT2D eigenvalue weighted by atomic mass is 10.1. The second kappa shape index (κ2) is 5.46. The summed E-state index contributed by atoms with van der Waals surface area (Å²) in [6.45, 7) is 4.36. The normalized spacial score (nSPS) is 17.9. The molecule has 0 aromatic heterocycles. The summed E-state index contributed by atoms with van der Waals surface area (Å²) in [4.78, 5) is 0.458. The molecule has 20 heavy (non-hydrogen) atoms. The van der Waals surface area contributed by atoms with Gasteiger partial charge in [-0.1, -0.05) is 13.8 Å². The number of rotatable bonds is 4. The zero-order chi connectivity index (χ0) is 15.0. The van der Waals surface area contributed by atoms with Crippen molar-refractivity contribution < 1.29 is 16.8 Å². The van der Waals surface area contributed by atoms with Crippen LogP contribution < -0.4 is 0 Å². The molecule has 0 radical (unpaired) electrons. The third-order valence-electron chi connectivity index (χ3n) is 3.57. The maximum Gasteiger partial charge on any atom is 0.243 e. The molecule has 5 nitrogen and oxygen atoms in total. The predicted octanol–water partition coefficient (Wildman–Crippen LogP) is 1.44. The van der Waals surface area contributed by atoms with Gasteiger partial charge in [0.2, 0.25) is 10.0 Å². The summed E-state index contributed by atoms with van der Waals surface area (Å²) < 4.78 is 50.0. The number of sulfone groups is 1. The lowest BCUT2D eigenvalue weighted by molar-refractivity contribution is 0.445. The van der Waals surface area contributed by atoms with Gasteiger partial charge in [0.1, 0.15) is 0 Å². The minimum atomic E-state index is -3.53. The Morgan fingerprint density at radius 1 is 1.20 bits per heavy atom. The summed E-state index contributed by atoms with van der Waals surface area (Å²) in [6.07, 6.45) is 1.15. The van der Waals surface area contributed by atoms with E-state index in [1.165, 1.54) is 22.5 Å². The topological polar surface area (TPSA) is 71.5 Å². The van der Waals surface area contributed by atoms with Gasteiger partial charge in [-0.2, -0.15) is 4.31 Å². The third kappa shape index (κ3) is 2.62. The van der Waals surface area contributed by atoms with Gasteiger partial charge in [0.25, 0.3) is 0 Å². The van der Waals surface area contributed by atoms with Gasteiger partial charge in [-0.25, -0.2) is 16.8 Å². The minimum absolute atomic E-state index is 0.141. The molecule has 7 heteroatoms. The highest BCUT2D eigenvalue weighted by atomic mass is 32.2. The van der Waals surface area contributed by atoms with Crippen LogP contribution in [0.3, 0.4) is 0 Å². The summed E-state index contributed by atoms with van der Waals surface area (Å²) in [5.41, 5.74) is 0.615. The number of fused-ring (bicyclic) bond motifs is 1. The van der Waals surface area contributed by atoms with Crippen LogP contribution in [-0.4, -0.2) is 40.0 Å². The lowest BCUT2D eigenvalue weighted by Gasteiger charge is -2.21. The first-order chi connectivity index (χ1) is 9.32. The van der Waals surface area contributed by atoms with E-state index in [4.69, 9.17) is 0 Å². The number of hydrogen-bond acceptors (Lipinski definition) is 4. The van der Waals surface area contributed by atoms with Crippen molar-refractivity contribution in [2.45, 2.75) is 36.5 Å². The van der Waals surface area contributed by atoms with E-state index in [0.29, 0.717) is 31.5 Å². The monoisotopic (exact) mass is 317 g/mol. The molecule has 0 aliphatic carbocycles. The summed E-state index contributed by atoms with van der Waals surface area (Å²) in [5, 5.41) is 0. The van der Waals surface area contributed by atoms with Crippen LogP contribution in [0.15, 0.2) is 28.0 Å². The molecule has 0 unspecified atom stereocenters. The fourth-order valence-corrected chi connectivity index (χ4v) is 5.58. The quantitative estimate of drug-likeness (QED) is 0.842. The van der Waals surface area contributed by atoms with Gasteiger partial charge in [0.15, 0.2) is 9.84 Å². The van der Waals surface area contributed by atoms with Gasteiger partial charge >= 0.3 is 0 Å². The van der Waals surface area contributed by atoms with Crippen LogP contribution in [0.1, 0.15) is 25.8 Å². The van der Waals surface area contributed by atoms with Gasteiger partial charge in [0, 0.05) is 13.1 Å². The van der Waals surface area contributed by atoms with Gasteiger partial charge < -0.3 is 0 Å². The van der Waals surface area contributed by atoms with E-state index in [1.54, 1.807) is 13.8 Å². The Kier molecular flexibility index (Phi) is 4.22. The number of aryl methyl sites for hydroxylation is 1. The molecular formula is C13H19NO4S2. The summed E-state index contributed by atoms with van der Waals surface area (Å²) >= 11 is 0. The fraction of sp³-hybridized carbons (Fsp3) is 0.538. The molecule has 1 aliphatic rings. The third-order valence-corrected chi connectivity index (χ3v) is 7.51. The van der Waals surface area contributed by atoms with Crippen molar-refractivity contribution in [1.29, 1.82) is 0 Å². The number of sulfonamides is 1. The Balaban J connectivity index is 2.52. The summed E-state index contributed by atoms with van der Waals surface area (Å²) in [7, 11) is -6.78. The van der Waals surface area contributed by atoms with E-state index >= 15 is 0 Å². The molecule has 0 bridgehead atoms. The molecule has 0 saturated heterocycles. The maximum absolute atomic E-state index is 12.4. The number of benzene rings is 1. The second-order valence-electron chi connectivity index (χ2n) is 4.78. The standard InChI is InChI=1S/C13H19NO4S2/c1-3-14(4-2)20(17,18)12-7-8-13-11(10-12)6-5-9-19(13,15)16/h7-8,10H,3-6,9H2,1-2H3. The molecule has 0 fully saturated rings. The van der Waals surface area contributed by atoms with Gasteiger partial charge in [-0.3, -0.25) is 0 Å². The minimum Gasteiger partial charge on any atom is -0.224 e. The highest BCUT2D eigenvalue weighted by Gasteiger charge is 2.27. The molecule has 1 heterocycles. The van der Waals surface area contributed by atoms with Crippen LogP contribution in [0.5, 0.6) is 0 Å². The molecule has 1 aromatic carbocycles. The highest BCUT2D eigenvalue weighted by Crippen LogP contribution is 2.28. The van der Waals surface area contributed by atoms with Gasteiger partial charge in [-0.05, 0) is 36.6 Å². The van der Waals surface area contributed by atoms with Crippen LogP contribution in [-0.2, 0) is 26.3 Å². The Labute approximate surface area is 120 Å². The fourth-order valence-electron chi connectivity index (χ4n) is 2.49. The van der Waals surface area contributed by atoms with E-state index in [1.807, 2.05) is 0 Å². The zero-order valence-corrected chi connectivity index (χ0v) is 13.3. The molecule has 1 aliphatic heterocycles. The first-order valence-electron chi connectivity index (χ1n) is 6.68. The van der Waals surface area contributed by atoms with Crippen molar-refractivity contribution in [3.8, 4) is 0 Å². The first kappa shape index (κ1) is 15.5. The lowest BCUT2D eigenvalue weighted by Crippen LogP contribution is -2.31. The molecule has 0 saturated carbocycles. The van der Waals surface area contributed by atoms with Crippen molar-refractivity contribution in [3.05, 3.63) is 23.8 Å². The molecule has 2 rings (SSSR count). The maximum atomic E-state index is 12.4. The molecule has 0 atom stereocenters. The SMILES string of the molecule is CCN(CC)S(=O)(=O)c1ccc2c(c1)CCCS2(=O)=O.